The smallest absolute Gasteiger partial charge is 0.137 e. The zero-order valence-corrected chi connectivity index (χ0v) is 17.3. The van der Waals surface area contributed by atoms with Crippen molar-refractivity contribution in [3.05, 3.63) is 0 Å². The summed E-state index contributed by atoms with van der Waals surface area (Å²) in [7, 11) is 0. The van der Waals surface area contributed by atoms with Gasteiger partial charge in [-0.15, -0.1) is 0 Å². The van der Waals surface area contributed by atoms with Crippen molar-refractivity contribution in [2.75, 3.05) is 0 Å². The van der Waals surface area contributed by atoms with Gasteiger partial charge in [-0.2, -0.15) is 0 Å². The van der Waals surface area contributed by atoms with Crippen LogP contribution in [0.15, 0.2) is 0 Å². The Bertz CT molecular complexity index is 314. The minimum atomic E-state index is -0.0625. The molecule has 0 saturated carbocycles. The van der Waals surface area contributed by atoms with Crippen LogP contribution in [0.5, 0.6) is 0 Å². The van der Waals surface area contributed by atoms with E-state index >= 15 is 0 Å². The van der Waals surface area contributed by atoms with Crippen LogP contribution in [-0.4, -0.2) is 34.7 Å². The Morgan fingerprint density at radius 1 is 0.409 bits per heavy atom. The van der Waals surface area contributed by atoms with E-state index in [4.69, 9.17) is 0 Å². The van der Waals surface area contributed by atoms with Crippen LogP contribution in [0.25, 0.3) is 0 Å². The molecule has 0 atom stereocenters. The van der Waals surface area contributed by atoms with Crippen molar-refractivity contribution in [1.29, 1.82) is 0 Å². The fourth-order valence-corrected chi connectivity index (χ4v) is 1.05. The van der Waals surface area contributed by atoms with Crippen molar-refractivity contribution in [3.63, 3.8) is 0 Å². The maximum atomic E-state index is 10.0. The molecular formula is C15H24NdO6. The molecule has 0 rings (SSSR count). The maximum Gasteiger partial charge on any atom is 0.137 e. The van der Waals surface area contributed by atoms with Gasteiger partial charge in [0.1, 0.15) is 34.7 Å². The second-order valence-electron chi connectivity index (χ2n) is 4.74. The summed E-state index contributed by atoms with van der Waals surface area (Å²) < 4.78 is 0. The zero-order chi connectivity index (χ0) is 17.6. The summed E-state index contributed by atoms with van der Waals surface area (Å²) in [6.45, 7) is 8.42. The third-order valence-electron chi connectivity index (χ3n) is 1.49. The summed E-state index contributed by atoms with van der Waals surface area (Å²) in [5, 5.41) is 0. The fraction of sp³-hybridized carbons (Fsp3) is 0.600. The van der Waals surface area contributed by atoms with E-state index in [2.05, 4.69) is 0 Å². The molecule has 0 fully saturated rings. The number of ketones is 6. The fourth-order valence-electron chi connectivity index (χ4n) is 1.05. The molecule has 0 bridgehead atoms. The third kappa shape index (κ3) is 50.6. The van der Waals surface area contributed by atoms with Crippen LogP contribution < -0.4 is 0 Å². The SMILES string of the molecule is CC(=O)CC(C)=O.CC(=O)CC(C)=O.CC(=O)CC(C)=O.[Nd]. The largest absolute Gasteiger partial charge is 0.300 e. The van der Waals surface area contributed by atoms with Crippen LogP contribution >= 0.6 is 0 Å². The molecular weight excluding hydrogens is 420 g/mol. The Hall–Kier alpha value is -0.629. The van der Waals surface area contributed by atoms with Crippen molar-refractivity contribution in [1.82, 2.24) is 0 Å². The van der Waals surface area contributed by atoms with E-state index in [-0.39, 0.29) is 94.8 Å². The van der Waals surface area contributed by atoms with E-state index in [0.717, 1.165) is 0 Å². The van der Waals surface area contributed by atoms with Crippen molar-refractivity contribution in [2.24, 2.45) is 0 Å². The average molecular weight is 445 g/mol. The van der Waals surface area contributed by atoms with Gasteiger partial charge >= 0.3 is 0 Å². The van der Waals surface area contributed by atoms with Crippen molar-refractivity contribution in [2.45, 2.75) is 60.8 Å². The van der Waals surface area contributed by atoms with Gasteiger partial charge in [0.15, 0.2) is 0 Å². The van der Waals surface area contributed by atoms with Gasteiger partial charge in [-0.1, -0.05) is 0 Å². The molecule has 0 heterocycles. The molecule has 0 unspecified atom stereocenters. The molecule has 0 saturated heterocycles. The quantitative estimate of drug-likeness (QED) is 0.578. The van der Waals surface area contributed by atoms with E-state index in [1.165, 1.54) is 41.5 Å². The molecule has 7 heteroatoms. The van der Waals surface area contributed by atoms with Gasteiger partial charge in [-0.05, 0) is 41.5 Å². The molecule has 0 aliphatic heterocycles. The van der Waals surface area contributed by atoms with E-state index in [0.29, 0.717) is 0 Å². The molecule has 0 aromatic carbocycles. The van der Waals surface area contributed by atoms with Crippen LogP contribution in [-0.2, 0) is 28.8 Å². The first kappa shape index (κ1) is 29.4. The summed E-state index contributed by atoms with van der Waals surface area (Å²) in [4.78, 5) is 60.2. The Morgan fingerprint density at radius 3 is 0.500 bits per heavy atom. The van der Waals surface area contributed by atoms with Crippen LogP contribution in [0.2, 0.25) is 0 Å². The van der Waals surface area contributed by atoms with Gasteiger partial charge in [-0.25, -0.2) is 0 Å². The first-order valence-corrected chi connectivity index (χ1v) is 6.35. The average Bonchev–Trinajstić information content (AvgIpc) is 2.10. The number of carbonyl (C=O) groups is 6. The molecule has 0 aromatic heterocycles. The molecule has 0 N–H and O–H groups in total. The molecule has 6 nitrogen and oxygen atoms in total. The first-order chi connectivity index (χ1) is 9.38. The Labute approximate surface area is 164 Å². The number of hydrogen-bond acceptors (Lipinski definition) is 6. The normalized spacial score (nSPS) is 7.91. The van der Waals surface area contributed by atoms with E-state index in [9.17, 15) is 28.8 Å². The van der Waals surface area contributed by atoms with Gasteiger partial charge in [-0.3, -0.25) is 28.8 Å². The summed E-state index contributed by atoms with van der Waals surface area (Å²) in [6.07, 6.45) is 0.250. The monoisotopic (exact) mass is 442 g/mol. The van der Waals surface area contributed by atoms with Gasteiger partial charge in [0.25, 0.3) is 0 Å². The summed E-state index contributed by atoms with van der Waals surface area (Å²) in [5.41, 5.74) is 0. The van der Waals surface area contributed by atoms with Gasteiger partial charge in [0, 0.05) is 40.8 Å². The Morgan fingerprint density at radius 2 is 0.500 bits per heavy atom. The van der Waals surface area contributed by atoms with Crippen LogP contribution in [0, 0.1) is 40.8 Å². The van der Waals surface area contributed by atoms with Gasteiger partial charge in [0.05, 0.1) is 19.3 Å². The van der Waals surface area contributed by atoms with Crippen LogP contribution in [0.4, 0.5) is 0 Å². The predicted molar refractivity (Wildman–Crippen MR) is 77.9 cm³/mol. The molecule has 0 aliphatic carbocycles. The standard InChI is InChI=1S/3C5H8O2.Nd/c3*1-4(6)3-5(2)7;/h3*3H2,1-2H3;. The zero-order valence-electron chi connectivity index (χ0n) is 14.1. The molecule has 0 amide bonds. The number of Topliss-reactive ketones (excluding diaryl/α,β-unsaturated/α-hetero) is 6. The van der Waals surface area contributed by atoms with Crippen LogP contribution in [0.3, 0.4) is 0 Å². The maximum absolute atomic E-state index is 10.0. The Kier molecular flexibility index (Phi) is 24.6. The number of hydrogen-bond donors (Lipinski definition) is 0. The van der Waals surface area contributed by atoms with Crippen LogP contribution in [0.1, 0.15) is 60.8 Å². The molecule has 0 spiro atoms. The van der Waals surface area contributed by atoms with E-state index in [1.807, 2.05) is 0 Å². The van der Waals surface area contributed by atoms with E-state index < -0.39 is 0 Å². The molecule has 22 heavy (non-hydrogen) atoms. The van der Waals surface area contributed by atoms with Gasteiger partial charge in [0.2, 0.25) is 0 Å². The minimum Gasteiger partial charge on any atom is -0.300 e. The molecule has 0 aromatic rings. The second-order valence-corrected chi connectivity index (χ2v) is 4.74. The first-order valence-electron chi connectivity index (χ1n) is 6.35. The summed E-state index contributed by atoms with van der Waals surface area (Å²) in [5.74, 6) is -0.375. The Balaban J connectivity index is -0.000000108. The summed E-state index contributed by atoms with van der Waals surface area (Å²) >= 11 is 0. The van der Waals surface area contributed by atoms with E-state index in [1.54, 1.807) is 0 Å². The third-order valence-corrected chi connectivity index (χ3v) is 1.49. The summed E-state index contributed by atoms with van der Waals surface area (Å²) in [6, 6.07) is 0. The van der Waals surface area contributed by atoms with Crippen molar-refractivity contribution in [3.8, 4) is 0 Å². The molecule has 0 radical (unpaired) electrons. The van der Waals surface area contributed by atoms with Gasteiger partial charge < -0.3 is 0 Å². The minimum absolute atomic E-state index is 0. The number of rotatable bonds is 6. The number of carbonyl (C=O) groups excluding carboxylic acids is 6. The topological polar surface area (TPSA) is 102 Å². The molecule has 0 aliphatic rings. The van der Waals surface area contributed by atoms with Crippen molar-refractivity contribution >= 4 is 34.7 Å². The van der Waals surface area contributed by atoms with Crippen molar-refractivity contribution < 1.29 is 69.6 Å². The second kappa shape index (κ2) is 18.4. The predicted octanol–water partition coefficient (Wildman–Crippen LogP) is 1.66. The molecule has 124 valence electrons.